The van der Waals surface area contributed by atoms with Crippen molar-refractivity contribution in [1.82, 2.24) is 29.1 Å². The standard InChI is InChI=1S/C68H42N6Si/c1-5-21-43(22-6-1)51-41-52(44-23-7-2-8-24-44)70-67(69-51)73-55-33-17-31-49-47-29-13-15-37-59(47)75(61-39-19-35-57(73)65(61)63(49)55)60-38-16-14-30-48(60)50-32-18-34-56-64(50)66-58(36-20-40-62(66)75)74(56)68-71-53(45-25-9-3-10-26-45)42-54(72-68)46-27-11-4-12-28-46/h1-42H. The normalized spacial score (nSPS) is 12.9. The predicted octanol–water partition coefficient (Wildman–Crippen LogP) is 13.5. The fraction of sp³-hybridized carbons (Fsp3) is 0. The van der Waals surface area contributed by atoms with Gasteiger partial charge in [-0.1, -0.05) is 218 Å². The Kier molecular flexibility index (Phi) is 8.96. The topological polar surface area (TPSA) is 61.4 Å². The van der Waals surface area contributed by atoms with Crippen LogP contribution in [0.4, 0.5) is 0 Å². The molecular weight excluding hydrogens is 929 g/mol. The number of rotatable bonds is 6. The fourth-order valence-corrected chi connectivity index (χ4v) is 18.4. The van der Waals surface area contributed by atoms with Crippen molar-refractivity contribution in [3.8, 4) is 79.2 Å². The average Bonchev–Trinajstić information content (AvgIpc) is 3.99. The van der Waals surface area contributed by atoms with Crippen LogP contribution in [0.1, 0.15) is 0 Å². The Hall–Kier alpha value is -9.82. The molecule has 0 fully saturated rings. The average molecular weight is 971 g/mol. The molecule has 16 rings (SSSR count). The molecule has 75 heavy (non-hydrogen) atoms. The van der Waals surface area contributed by atoms with Gasteiger partial charge >= 0.3 is 0 Å². The Labute approximate surface area is 433 Å². The highest BCUT2D eigenvalue weighted by Gasteiger charge is 2.50. The molecule has 6 heterocycles. The molecule has 0 aliphatic carbocycles. The molecule has 0 amide bonds. The van der Waals surface area contributed by atoms with E-state index in [0.717, 1.165) is 67.1 Å². The summed E-state index contributed by atoms with van der Waals surface area (Å²) in [5.41, 5.74) is 16.8. The van der Waals surface area contributed by atoms with E-state index < -0.39 is 8.07 Å². The van der Waals surface area contributed by atoms with Crippen LogP contribution < -0.4 is 20.7 Å². The monoisotopic (exact) mass is 970 g/mol. The van der Waals surface area contributed by atoms with Crippen molar-refractivity contribution in [2.24, 2.45) is 0 Å². The maximum absolute atomic E-state index is 5.49. The lowest BCUT2D eigenvalue weighted by Crippen LogP contribution is -2.75. The smallest absolute Gasteiger partial charge is 0.235 e. The third-order valence-corrected chi connectivity index (χ3v) is 20.7. The second kappa shape index (κ2) is 16.1. The molecule has 1 spiro atoms. The van der Waals surface area contributed by atoms with E-state index in [0.29, 0.717) is 11.9 Å². The fourth-order valence-electron chi connectivity index (χ4n) is 12.8. The van der Waals surface area contributed by atoms with Crippen LogP contribution in [0.3, 0.4) is 0 Å². The minimum absolute atomic E-state index is 0.635. The van der Waals surface area contributed by atoms with Crippen LogP contribution in [0, 0.1) is 0 Å². The maximum Gasteiger partial charge on any atom is 0.235 e. The largest absolute Gasteiger partial charge is 0.278 e. The molecule has 0 atom stereocenters. The minimum Gasteiger partial charge on any atom is -0.278 e. The summed E-state index contributed by atoms with van der Waals surface area (Å²) in [4.78, 5) is 22.0. The van der Waals surface area contributed by atoms with Gasteiger partial charge in [0.25, 0.3) is 0 Å². The molecule has 0 N–H and O–H groups in total. The molecule has 0 bridgehead atoms. The molecule has 0 saturated heterocycles. The summed E-state index contributed by atoms with van der Waals surface area (Å²) in [7, 11) is -3.40. The van der Waals surface area contributed by atoms with Crippen molar-refractivity contribution >= 4 is 72.4 Å². The first-order valence-electron chi connectivity index (χ1n) is 25.6. The first-order chi connectivity index (χ1) is 37.2. The lowest BCUT2D eigenvalue weighted by molar-refractivity contribution is 0.995. The van der Waals surface area contributed by atoms with E-state index in [1.54, 1.807) is 0 Å². The molecule has 0 saturated carbocycles. The van der Waals surface area contributed by atoms with Crippen LogP contribution in [0.15, 0.2) is 255 Å². The maximum atomic E-state index is 5.49. The summed E-state index contributed by atoms with van der Waals surface area (Å²) in [6.07, 6.45) is 0. The third kappa shape index (κ3) is 5.95. The molecule has 2 aliphatic rings. The molecule has 14 aromatic rings. The lowest BCUT2D eigenvalue weighted by Gasteiger charge is -2.36. The Balaban J connectivity index is 1.05. The zero-order valence-corrected chi connectivity index (χ0v) is 41.4. The van der Waals surface area contributed by atoms with E-state index in [9.17, 15) is 0 Å². The van der Waals surface area contributed by atoms with E-state index in [4.69, 9.17) is 19.9 Å². The van der Waals surface area contributed by atoms with Gasteiger partial charge in [-0.05, 0) is 79.4 Å². The highest BCUT2D eigenvalue weighted by molar-refractivity contribution is 7.23. The molecule has 348 valence electrons. The summed E-state index contributed by atoms with van der Waals surface area (Å²) in [5, 5.41) is 10.3. The van der Waals surface area contributed by atoms with Crippen LogP contribution in [0.25, 0.3) is 123 Å². The van der Waals surface area contributed by atoms with Gasteiger partial charge in [-0.25, -0.2) is 19.9 Å². The van der Waals surface area contributed by atoms with Crippen molar-refractivity contribution in [2.45, 2.75) is 0 Å². The highest BCUT2D eigenvalue weighted by Crippen LogP contribution is 2.45. The number of nitrogens with zero attached hydrogens (tertiary/aromatic N) is 6. The van der Waals surface area contributed by atoms with E-state index in [1.165, 1.54) is 64.5 Å². The SMILES string of the molecule is c1ccc(-c2cc(-c3ccccc3)nc(-n3c4cccc5c4c4c(cccc43)[Si]3(c4ccccc4-5)c4ccccc4-c4cccc5c4c4c3cccc4n5-c3nc(-c4ccccc4)cc(-c4ccccc4)n3)n2)cc1. The highest BCUT2D eigenvalue weighted by atomic mass is 28.3. The second-order valence-electron chi connectivity index (χ2n) is 19.7. The van der Waals surface area contributed by atoms with Crippen LogP contribution in [-0.2, 0) is 0 Å². The van der Waals surface area contributed by atoms with Crippen molar-refractivity contribution < 1.29 is 0 Å². The Morgan fingerprint density at radius 2 is 0.520 bits per heavy atom. The van der Waals surface area contributed by atoms with Gasteiger partial charge in [0.2, 0.25) is 11.9 Å². The van der Waals surface area contributed by atoms with Crippen molar-refractivity contribution in [3.63, 3.8) is 0 Å². The molecule has 6 nitrogen and oxygen atoms in total. The van der Waals surface area contributed by atoms with Gasteiger partial charge in [-0.15, -0.1) is 0 Å². The first kappa shape index (κ1) is 41.8. The Morgan fingerprint density at radius 1 is 0.240 bits per heavy atom. The van der Waals surface area contributed by atoms with Crippen molar-refractivity contribution in [2.75, 3.05) is 0 Å². The summed E-state index contributed by atoms with van der Waals surface area (Å²) < 4.78 is 4.67. The number of hydrogen-bond acceptors (Lipinski definition) is 4. The molecule has 10 aromatic carbocycles. The van der Waals surface area contributed by atoms with Crippen LogP contribution in [0.2, 0.25) is 0 Å². The zero-order chi connectivity index (χ0) is 49.2. The molecule has 4 aromatic heterocycles. The zero-order valence-electron chi connectivity index (χ0n) is 40.4. The summed E-state index contributed by atoms with van der Waals surface area (Å²) >= 11 is 0. The minimum atomic E-state index is -3.40. The number of fused-ring (bicyclic) bond motifs is 8. The van der Waals surface area contributed by atoms with Gasteiger partial charge in [0.05, 0.1) is 44.8 Å². The van der Waals surface area contributed by atoms with Crippen LogP contribution in [0.5, 0.6) is 0 Å². The summed E-state index contributed by atoms with van der Waals surface area (Å²) in [6.45, 7) is 0. The second-order valence-corrected chi connectivity index (χ2v) is 23.3. The Bertz CT molecular complexity index is 4230. The number of aromatic nitrogens is 6. The van der Waals surface area contributed by atoms with E-state index >= 15 is 0 Å². The first-order valence-corrected chi connectivity index (χ1v) is 27.6. The van der Waals surface area contributed by atoms with Crippen LogP contribution >= 0.6 is 0 Å². The van der Waals surface area contributed by atoms with Gasteiger partial charge in [0.15, 0.2) is 8.07 Å². The van der Waals surface area contributed by atoms with Gasteiger partial charge < -0.3 is 0 Å². The van der Waals surface area contributed by atoms with E-state index in [1.807, 2.05) is 0 Å². The molecule has 0 unspecified atom stereocenters. The van der Waals surface area contributed by atoms with Gasteiger partial charge in [-0.2, -0.15) is 0 Å². The molecule has 0 radical (unpaired) electrons. The summed E-state index contributed by atoms with van der Waals surface area (Å²) in [5.74, 6) is 1.27. The van der Waals surface area contributed by atoms with Gasteiger partial charge in [0.1, 0.15) is 0 Å². The van der Waals surface area contributed by atoms with E-state index in [-0.39, 0.29) is 0 Å². The van der Waals surface area contributed by atoms with Crippen molar-refractivity contribution in [1.29, 1.82) is 0 Å². The van der Waals surface area contributed by atoms with Crippen LogP contribution in [-0.4, -0.2) is 37.1 Å². The predicted molar refractivity (Wildman–Crippen MR) is 310 cm³/mol. The third-order valence-electron chi connectivity index (χ3n) is 15.8. The van der Waals surface area contributed by atoms with E-state index in [2.05, 4.69) is 264 Å². The quantitative estimate of drug-likeness (QED) is 0.156. The Morgan fingerprint density at radius 3 is 0.880 bits per heavy atom. The van der Waals surface area contributed by atoms with Gasteiger partial charge in [0, 0.05) is 43.8 Å². The molecular formula is C68H42N6Si. The lowest BCUT2D eigenvalue weighted by atomic mass is 9.99. The molecule has 7 heteroatoms. The summed E-state index contributed by atoms with van der Waals surface area (Å²) in [6, 6.07) is 92.4. The number of benzene rings is 10. The van der Waals surface area contributed by atoms with Gasteiger partial charge in [-0.3, -0.25) is 9.13 Å². The molecule has 2 aliphatic heterocycles. The van der Waals surface area contributed by atoms with Crippen molar-refractivity contribution in [3.05, 3.63) is 255 Å². The number of hydrogen-bond donors (Lipinski definition) is 0.